The van der Waals surface area contributed by atoms with Crippen molar-refractivity contribution in [3.8, 4) is 11.5 Å². The summed E-state index contributed by atoms with van der Waals surface area (Å²) in [5, 5.41) is 18.9. The largest absolute Gasteiger partial charge is 0.496 e. The van der Waals surface area contributed by atoms with Crippen LogP contribution in [-0.2, 0) is 11.2 Å². The van der Waals surface area contributed by atoms with Crippen molar-refractivity contribution in [3.63, 3.8) is 0 Å². The first-order valence-corrected chi connectivity index (χ1v) is 5.98. The number of aliphatic hydroxyl groups is 1. The van der Waals surface area contributed by atoms with Crippen LogP contribution in [-0.4, -0.2) is 35.4 Å². The highest BCUT2D eigenvalue weighted by atomic mass is 16.5. The number of hydrogen-bond acceptors (Lipinski definition) is 5. The lowest BCUT2D eigenvalue weighted by atomic mass is 9.99. The van der Waals surface area contributed by atoms with Crippen LogP contribution >= 0.6 is 0 Å². The fourth-order valence-corrected chi connectivity index (χ4v) is 2.19. The van der Waals surface area contributed by atoms with E-state index in [0.29, 0.717) is 17.1 Å². The standard InChI is InChI=1S/C13H17NO5/c1-6-3-7-4-10(18-2)8(5-9(7)19-6)12(15)11(14)13(16)17/h4-6,11-12,15H,3,14H2,1-2H3,(H,16,17). The number of fused-ring (bicyclic) bond motifs is 1. The van der Waals surface area contributed by atoms with Crippen LogP contribution < -0.4 is 15.2 Å². The minimum absolute atomic E-state index is 0.0558. The maximum atomic E-state index is 10.8. The highest BCUT2D eigenvalue weighted by molar-refractivity contribution is 5.74. The number of ether oxygens (including phenoxy) is 2. The Labute approximate surface area is 110 Å². The lowest BCUT2D eigenvalue weighted by Gasteiger charge is -2.19. The molecule has 19 heavy (non-hydrogen) atoms. The summed E-state index contributed by atoms with van der Waals surface area (Å²) < 4.78 is 10.8. The molecule has 0 fully saturated rings. The summed E-state index contributed by atoms with van der Waals surface area (Å²) in [7, 11) is 1.46. The Kier molecular flexibility index (Phi) is 3.64. The number of rotatable bonds is 4. The Bertz CT molecular complexity index is 502. The fraction of sp³-hybridized carbons (Fsp3) is 0.462. The molecule has 1 aliphatic heterocycles. The predicted molar refractivity (Wildman–Crippen MR) is 67.4 cm³/mol. The van der Waals surface area contributed by atoms with Crippen LogP contribution in [0.1, 0.15) is 24.2 Å². The zero-order chi connectivity index (χ0) is 14.2. The minimum Gasteiger partial charge on any atom is -0.496 e. The van der Waals surface area contributed by atoms with Crippen molar-refractivity contribution in [2.24, 2.45) is 5.73 Å². The smallest absolute Gasteiger partial charge is 0.323 e. The number of carboxylic acids is 1. The van der Waals surface area contributed by atoms with E-state index in [0.717, 1.165) is 12.0 Å². The van der Waals surface area contributed by atoms with Gasteiger partial charge >= 0.3 is 5.97 Å². The Balaban J connectivity index is 2.40. The van der Waals surface area contributed by atoms with Crippen molar-refractivity contribution < 1.29 is 24.5 Å². The second-order valence-electron chi connectivity index (χ2n) is 4.64. The Hall–Kier alpha value is -1.79. The molecule has 4 N–H and O–H groups in total. The van der Waals surface area contributed by atoms with E-state index in [4.69, 9.17) is 20.3 Å². The van der Waals surface area contributed by atoms with Crippen LogP contribution in [0.2, 0.25) is 0 Å². The van der Waals surface area contributed by atoms with E-state index in [9.17, 15) is 9.90 Å². The van der Waals surface area contributed by atoms with Crippen LogP contribution in [0.5, 0.6) is 11.5 Å². The third-order valence-corrected chi connectivity index (χ3v) is 3.19. The molecule has 0 saturated heterocycles. The molecular formula is C13H17NO5. The second-order valence-corrected chi connectivity index (χ2v) is 4.64. The highest BCUT2D eigenvalue weighted by Crippen LogP contribution is 2.38. The number of aliphatic carboxylic acids is 1. The summed E-state index contributed by atoms with van der Waals surface area (Å²) in [5.41, 5.74) is 6.74. The molecule has 0 amide bonds. The molecule has 1 aliphatic rings. The zero-order valence-corrected chi connectivity index (χ0v) is 10.8. The predicted octanol–water partition coefficient (Wildman–Crippen LogP) is 0.464. The van der Waals surface area contributed by atoms with Gasteiger partial charge in [-0.15, -0.1) is 0 Å². The first kappa shape index (κ1) is 13.6. The zero-order valence-electron chi connectivity index (χ0n) is 10.8. The maximum absolute atomic E-state index is 10.8. The van der Waals surface area contributed by atoms with Crippen LogP contribution in [0.3, 0.4) is 0 Å². The van der Waals surface area contributed by atoms with E-state index in [2.05, 4.69) is 0 Å². The summed E-state index contributed by atoms with van der Waals surface area (Å²) in [6.07, 6.45) is -0.537. The molecule has 2 rings (SSSR count). The van der Waals surface area contributed by atoms with E-state index >= 15 is 0 Å². The molecule has 6 nitrogen and oxygen atoms in total. The third kappa shape index (κ3) is 2.50. The van der Waals surface area contributed by atoms with E-state index in [1.54, 1.807) is 12.1 Å². The van der Waals surface area contributed by atoms with Gasteiger partial charge in [-0.2, -0.15) is 0 Å². The first-order chi connectivity index (χ1) is 8.93. The van der Waals surface area contributed by atoms with Gasteiger partial charge in [0, 0.05) is 17.5 Å². The van der Waals surface area contributed by atoms with Gasteiger partial charge in [-0.3, -0.25) is 4.79 Å². The lowest BCUT2D eigenvalue weighted by molar-refractivity contribution is -0.141. The molecule has 0 aliphatic carbocycles. The molecule has 3 unspecified atom stereocenters. The normalized spacial score (nSPS) is 20.3. The summed E-state index contributed by atoms with van der Waals surface area (Å²) in [5.74, 6) is -0.218. The average Bonchev–Trinajstić information content (AvgIpc) is 2.74. The van der Waals surface area contributed by atoms with Crippen LogP contribution in [0.15, 0.2) is 12.1 Å². The van der Waals surface area contributed by atoms with Gasteiger partial charge in [0.2, 0.25) is 0 Å². The minimum atomic E-state index is -1.41. The topological polar surface area (TPSA) is 102 Å². The molecule has 1 aromatic carbocycles. The first-order valence-electron chi connectivity index (χ1n) is 5.98. The molecule has 0 spiro atoms. The number of nitrogens with two attached hydrogens (primary N) is 1. The van der Waals surface area contributed by atoms with E-state index in [1.807, 2.05) is 6.92 Å². The summed E-state index contributed by atoms with van der Waals surface area (Å²) in [6.45, 7) is 1.94. The quantitative estimate of drug-likeness (QED) is 0.732. The number of aliphatic hydroxyl groups excluding tert-OH is 1. The van der Waals surface area contributed by atoms with E-state index in [1.165, 1.54) is 7.11 Å². The molecular weight excluding hydrogens is 250 g/mol. The van der Waals surface area contributed by atoms with Gasteiger partial charge in [-0.1, -0.05) is 0 Å². The third-order valence-electron chi connectivity index (χ3n) is 3.19. The molecule has 0 saturated carbocycles. The molecule has 0 radical (unpaired) electrons. The monoisotopic (exact) mass is 267 g/mol. The van der Waals surface area contributed by atoms with E-state index in [-0.39, 0.29) is 6.10 Å². The van der Waals surface area contributed by atoms with Crippen LogP contribution in [0, 0.1) is 0 Å². The molecule has 6 heteroatoms. The number of hydrogen-bond donors (Lipinski definition) is 3. The van der Waals surface area contributed by atoms with Gasteiger partial charge in [0.15, 0.2) is 0 Å². The summed E-state index contributed by atoms with van der Waals surface area (Å²) in [6, 6.07) is 1.95. The number of carboxylic acid groups (broad SMARTS) is 1. The van der Waals surface area contributed by atoms with Gasteiger partial charge in [0.1, 0.15) is 29.7 Å². The van der Waals surface area contributed by atoms with Crippen molar-refractivity contribution in [1.82, 2.24) is 0 Å². The molecule has 3 atom stereocenters. The van der Waals surface area contributed by atoms with Crippen molar-refractivity contribution in [2.75, 3.05) is 7.11 Å². The van der Waals surface area contributed by atoms with Crippen molar-refractivity contribution in [2.45, 2.75) is 31.6 Å². The Morgan fingerprint density at radius 2 is 2.26 bits per heavy atom. The van der Waals surface area contributed by atoms with Gasteiger partial charge < -0.3 is 25.4 Å². The number of carbonyl (C=O) groups is 1. The van der Waals surface area contributed by atoms with Crippen molar-refractivity contribution in [1.29, 1.82) is 0 Å². The van der Waals surface area contributed by atoms with Gasteiger partial charge in [0.25, 0.3) is 0 Å². The Morgan fingerprint density at radius 3 is 2.84 bits per heavy atom. The fourth-order valence-electron chi connectivity index (χ4n) is 2.19. The number of benzene rings is 1. The molecule has 0 aromatic heterocycles. The van der Waals surface area contributed by atoms with Crippen LogP contribution in [0.25, 0.3) is 0 Å². The van der Waals surface area contributed by atoms with Gasteiger partial charge in [0.05, 0.1) is 7.11 Å². The summed E-state index contributed by atoms with van der Waals surface area (Å²) >= 11 is 0. The average molecular weight is 267 g/mol. The lowest BCUT2D eigenvalue weighted by Crippen LogP contribution is -2.36. The summed E-state index contributed by atoms with van der Waals surface area (Å²) in [4.78, 5) is 10.8. The van der Waals surface area contributed by atoms with Crippen molar-refractivity contribution >= 4 is 5.97 Å². The molecule has 1 heterocycles. The SMILES string of the molecule is COc1cc2c(cc1C(O)C(N)C(=O)O)OC(C)C2. The van der Waals surface area contributed by atoms with Crippen molar-refractivity contribution in [3.05, 3.63) is 23.3 Å². The highest BCUT2D eigenvalue weighted by Gasteiger charge is 2.29. The molecule has 1 aromatic rings. The van der Waals surface area contributed by atoms with Gasteiger partial charge in [-0.05, 0) is 19.1 Å². The molecule has 104 valence electrons. The van der Waals surface area contributed by atoms with Crippen LogP contribution in [0.4, 0.5) is 0 Å². The maximum Gasteiger partial charge on any atom is 0.323 e. The number of methoxy groups -OCH3 is 1. The van der Waals surface area contributed by atoms with Gasteiger partial charge in [-0.25, -0.2) is 0 Å². The van der Waals surface area contributed by atoms with E-state index < -0.39 is 18.1 Å². The second kappa shape index (κ2) is 5.07. The molecule has 0 bridgehead atoms. The Morgan fingerprint density at radius 1 is 1.58 bits per heavy atom.